The summed E-state index contributed by atoms with van der Waals surface area (Å²) in [7, 11) is 0. The predicted molar refractivity (Wildman–Crippen MR) is 84.0 cm³/mol. The standard InChI is InChI=1S/C16H22BrNO2/c1-12-11-14(17)7-8-15(12)20-13(2)16(19)18-9-5-3-4-6-10-18/h7-8,11,13H,3-6,9-10H2,1-2H3. The molecule has 0 aliphatic carbocycles. The number of rotatable bonds is 3. The normalized spacial score (nSPS) is 17.4. The average molecular weight is 340 g/mol. The van der Waals surface area contributed by atoms with Crippen LogP contribution in [0.15, 0.2) is 22.7 Å². The summed E-state index contributed by atoms with van der Waals surface area (Å²) >= 11 is 3.43. The highest BCUT2D eigenvalue weighted by Gasteiger charge is 2.23. The number of carbonyl (C=O) groups is 1. The summed E-state index contributed by atoms with van der Waals surface area (Å²) in [5.41, 5.74) is 1.04. The second kappa shape index (κ2) is 7.11. The maximum absolute atomic E-state index is 12.4. The molecule has 1 saturated heterocycles. The van der Waals surface area contributed by atoms with Crippen LogP contribution in [0, 0.1) is 6.92 Å². The molecule has 2 rings (SSSR count). The summed E-state index contributed by atoms with van der Waals surface area (Å²) in [5, 5.41) is 0. The maximum Gasteiger partial charge on any atom is 0.263 e. The Kier molecular flexibility index (Phi) is 5.46. The number of amides is 1. The van der Waals surface area contributed by atoms with Crippen molar-refractivity contribution in [3.8, 4) is 5.75 Å². The molecule has 110 valence electrons. The molecule has 1 atom stereocenters. The van der Waals surface area contributed by atoms with E-state index in [-0.39, 0.29) is 5.91 Å². The van der Waals surface area contributed by atoms with Gasteiger partial charge in [-0.3, -0.25) is 4.79 Å². The van der Waals surface area contributed by atoms with Crippen molar-refractivity contribution >= 4 is 21.8 Å². The molecule has 1 aliphatic heterocycles. The number of halogens is 1. The smallest absolute Gasteiger partial charge is 0.263 e. The molecule has 0 N–H and O–H groups in total. The van der Waals surface area contributed by atoms with Gasteiger partial charge in [0.05, 0.1) is 0 Å². The Labute approximate surface area is 129 Å². The van der Waals surface area contributed by atoms with Crippen LogP contribution in [-0.4, -0.2) is 30.0 Å². The van der Waals surface area contributed by atoms with Crippen LogP contribution < -0.4 is 4.74 Å². The second-order valence-electron chi connectivity index (χ2n) is 5.41. The summed E-state index contributed by atoms with van der Waals surface area (Å²) < 4.78 is 6.87. The number of hydrogen-bond acceptors (Lipinski definition) is 2. The first-order valence-corrected chi connectivity index (χ1v) is 8.09. The first-order valence-electron chi connectivity index (χ1n) is 7.29. The van der Waals surface area contributed by atoms with Gasteiger partial charge in [-0.25, -0.2) is 0 Å². The molecule has 1 fully saturated rings. The van der Waals surface area contributed by atoms with Crippen molar-refractivity contribution in [3.63, 3.8) is 0 Å². The summed E-state index contributed by atoms with van der Waals surface area (Å²) in [6.45, 7) is 5.57. The lowest BCUT2D eigenvalue weighted by Crippen LogP contribution is -2.41. The van der Waals surface area contributed by atoms with Crippen molar-refractivity contribution in [1.29, 1.82) is 0 Å². The zero-order valence-corrected chi connectivity index (χ0v) is 13.8. The van der Waals surface area contributed by atoms with Gasteiger partial charge in [0.25, 0.3) is 5.91 Å². The topological polar surface area (TPSA) is 29.5 Å². The lowest BCUT2D eigenvalue weighted by atomic mass is 10.2. The quantitative estimate of drug-likeness (QED) is 0.834. The van der Waals surface area contributed by atoms with Gasteiger partial charge in [-0.2, -0.15) is 0 Å². The zero-order valence-electron chi connectivity index (χ0n) is 12.2. The molecular formula is C16H22BrNO2. The van der Waals surface area contributed by atoms with Gasteiger partial charge in [-0.15, -0.1) is 0 Å². The summed E-state index contributed by atoms with van der Waals surface area (Å²) in [6.07, 6.45) is 4.24. The van der Waals surface area contributed by atoms with Crippen molar-refractivity contribution in [1.82, 2.24) is 4.90 Å². The van der Waals surface area contributed by atoms with E-state index in [0.29, 0.717) is 0 Å². The van der Waals surface area contributed by atoms with E-state index in [9.17, 15) is 4.79 Å². The maximum atomic E-state index is 12.4. The van der Waals surface area contributed by atoms with E-state index in [1.165, 1.54) is 12.8 Å². The Morgan fingerprint density at radius 1 is 1.25 bits per heavy atom. The third-order valence-corrected chi connectivity index (χ3v) is 4.20. The Morgan fingerprint density at radius 2 is 1.90 bits per heavy atom. The van der Waals surface area contributed by atoms with Gasteiger partial charge in [-0.1, -0.05) is 28.8 Å². The third kappa shape index (κ3) is 3.98. The van der Waals surface area contributed by atoms with E-state index < -0.39 is 6.10 Å². The van der Waals surface area contributed by atoms with E-state index >= 15 is 0 Å². The summed E-state index contributed by atoms with van der Waals surface area (Å²) in [4.78, 5) is 14.4. The fourth-order valence-electron chi connectivity index (χ4n) is 2.53. The van der Waals surface area contributed by atoms with E-state index in [1.807, 2.05) is 36.9 Å². The van der Waals surface area contributed by atoms with Crippen molar-refractivity contribution in [2.75, 3.05) is 13.1 Å². The van der Waals surface area contributed by atoms with Crippen LogP contribution >= 0.6 is 15.9 Å². The molecule has 3 nitrogen and oxygen atoms in total. The van der Waals surface area contributed by atoms with Gasteiger partial charge in [0, 0.05) is 17.6 Å². The summed E-state index contributed by atoms with van der Waals surface area (Å²) in [6, 6.07) is 5.84. The van der Waals surface area contributed by atoms with Crippen molar-refractivity contribution in [3.05, 3.63) is 28.2 Å². The van der Waals surface area contributed by atoms with Crippen LogP contribution in [0.5, 0.6) is 5.75 Å². The number of nitrogens with zero attached hydrogens (tertiary/aromatic N) is 1. The van der Waals surface area contributed by atoms with Crippen LogP contribution in [0.25, 0.3) is 0 Å². The fourth-order valence-corrected chi connectivity index (χ4v) is 3.01. The predicted octanol–water partition coefficient (Wildman–Crippen LogP) is 3.93. The van der Waals surface area contributed by atoms with Crippen molar-refractivity contribution in [2.24, 2.45) is 0 Å². The third-order valence-electron chi connectivity index (χ3n) is 3.71. The highest BCUT2D eigenvalue weighted by Crippen LogP contribution is 2.23. The van der Waals surface area contributed by atoms with Crippen LogP contribution in [0.3, 0.4) is 0 Å². The van der Waals surface area contributed by atoms with Gasteiger partial charge >= 0.3 is 0 Å². The highest BCUT2D eigenvalue weighted by atomic mass is 79.9. The minimum Gasteiger partial charge on any atom is -0.481 e. The molecule has 0 saturated carbocycles. The second-order valence-corrected chi connectivity index (χ2v) is 6.33. The van der Waals surface area contributed by atoms with Gasteiger partial charge in [-0.05, 0) is 50.5 Å². The molecule has 1 unspecified atom stereocenters. The van der Waals surface area contributed by atoms with Crippen molar-refractivity contribution < 1.29 is 9.53 Å². The number of benzene rings is 1. The van der Waals surface area contributed by atoms with Crippen molar-refractivity contribution in [2.45, 2.75) is 45.6 Å². The van der Waals surface area contributed by atoms with E-state index in [1.54, 1.807) is 0 Å². The molecule has 1 heterocycles. The van der Waals surface area contributed by atoms with Crippen LogP contribution in [0.1, 0.15) is 38.2 Å². The molecule has 4 heteroatoms. The monoisotopic (exact) mass is 339 g/mol. The largest absolute Gasteiger partial charge is 0.481 e. The minimum atomic E-state index is -0.423. The van der Waals surface area contributed by atoms with Gasteiger partial charge < -0.3 is 9.64 Å². The Balaban J connectivity index is 1.99. The number of aryl methyl sites for hydroxylation is 1. The van der Waals surface area contributed by atoms with Crippen LogP contribution in [0.2, 0.25) is 0 Å². The molecule has 1 aliphatic rings. The van der Waals surface area contributed by atoms with Gasteiger partial charge in [0.15, 0.2) is 6.10 Å². The lowest BCUT2D eigenvalue weighted by molar-refractivity contribution is -0.137. The van der Waals surface area contributed by atoms with E-state index in [2.05, 4.69) is 15.9 Å². The Morgan fingerprint density at radius 3 is 2.50 bits per heavy atom. The Hall–Kier alpha value is -1.03. The molecule has 1 aromatic rings. The SMILES string of the molecule is Cc1cc(Br)ccc1OC(C)C(=O)N1CCCCCC1. The fraction of sp³-hybridized carbons (Fsp3) is 0.562. The molecule has 0 radical (unpaired) electrons. The van der Waals surface area contributed by atoms with Gasteiger partial charge in [0.1, 0.15) is 5.75 Å². The van der Waals surface area contributed by atoms with E-state index in [4.69, 9.17) is 4.74 Å². The molecule has 0 bridgehead atoms. The molecule has 1 amide bonds. The Bertz CT molecular complexity index is 468. The van der Waals surface area contributed by atoms with E-state index in [0.717, 1.165) is 41.7 Å². The average Bonchev–Trinajstić information content (AvgIpc) is 2.70. The first kappa shape index (κ1) is 15.4. The molecular weight excluding hydrogens is 318 g/mol. The number of carbonyl (C=O) groups excluding carboxylic acids is 1. The number of likely N-dealkylation sites (tertiary alicyclic amines) is 1. The summed E-state index contributed by atoms with van der Waals surface area (Å²) in [5.74, 6) is 0.887. The number of hydrogen-bond donors (Lipinski definition) is 0. The number of ether oxygens (including phenoxy) is 1. The highest BCUT2D eigenvalue weighted by molar-refractivity contribution is 9.10. The molecule has 0 aromatic heterocycles. The molecule has 20 heavy (non-hydrogen) atoms. The van der Waals surface area contributed by atoms with Crippen LogP contribution in [0.4, 0.5) is 0 Å². The minimum absolute atomic E-state index is 0.106. The molecule has 0 spiro atoms. The lowest BCUT2D eigenvalue weighted by Gasteiger charge is -2.25. The van der Waals surface area contributed by atoms with Crippen LogP contribution in [-0.2, 0) is 4.79 Å². The van der Waals surface area contributed by atoms with Gasteiger partial charge in [0.2, 0.25) is 0 Å². The zero-order chi connectivity index (χ0) is 14.5. The first-order chi connectivity index (χ1) is 9.58. The molecule has 1 aromatic carbocycles.